The average molecular weight is 206 g/mol. The lowest BCUT2D eigenvalue weighted by atomic mass is 9.63. The van der Waals surface area contributed by atoms with Crippen molar-refractivity contribution in [2.24, 2.45) is 17.8 Å². The van der Waals surface area contributed by atoms with Crippen LogP contribution < -0.4 is 0 Å². The molecule has 3 rings (SSSR count). The molecule has 1 N–H and O–H groups in total. The minimum absolute atomic E-state index is 0.838. The van der Waals surface area contributed by atoms with Gasteiger partial charge in [-0.15, -0.1) is 10.2 Å². The molecule has 2 bridgehead atoms. The predicted octanol–water partition coefficient (Wildman–Crippen LogP) is 1.96. The van der Waals surface area contributed by atoms with E-state index in [1.165, 1.54) is 38.5 Å². The molecule has 1 aromatic heterocycles. The van der Waals surface area contributed by atoms with Crippen molar-refractivity contribution in [1.29, 1.82) is 0 Å². The lowest BCUT2D eigenvalue weighted by Crippen LogP contribution is -2.34. The smallest absolute Gasteiger partial charge is 0.174 e. The molecule has 2 fully saturated rings. The number of hydrogen-bond donors (Lipinski definition) is 1. The van der Waals surface area contributed by atoms with E-state index < -0.39 is 0 Å². The van der Waals surface area contributed by atoms with Gasteiger partial charge in [0.2, 0.25) is 0 Å². The molecule has 0 unspecified atom stereocenters. The van der Waals surface area contributed by atoms with Crippen LogP contribution >= 0.6 is 0 Å². The summed E-state index contributed by atoms with van der Waals surface area (Å²) in [6.45, 7) is 0. The van der Waals surface area contributed by atoms with Crippen molar-refractivity contribution >= 4 is 0 Å². The van der Waals surface area contributed by atoms with E-state index >= 15 is 0 Å². The number of nitrogens with one attached hydrogen (secondary N) is 1. The van der Waals surface area contributed by atoms with Gasteiger partial charge in [-0.25, -0.2) is 0 Å². The van der Waals surface area contributed by atoms with Crippen molar-refractivity contribution < 1.29 is 0 Å². The van der Waals surface area contributed by atoms with Gasteiger partial charge in [0.15, 0.2) is 5.82 Å². The van der Waals surface area contributed by atoms with Crippen LogP contribution in [0.15, 0.2) is 0 Å². The monoisotopic (exact) mass is 206 g/mol. The Bertz CT molecular complexity index is 286. The largest absolute Gasteiger partial charge is 0.177 e. The van der Waals surface area contributed by atoms with E-state index in [9.17, 15) is 0 Å². The summed E-state index contributed by atoms with van der Waals surface area (Å²) in [5, 5.41) is 14.4. The average Bonchev–Trinajstić information content (AvgIpc) is 2.70. The van der Waals surface area contributed by atoms with E-state index in [0.717, 1.165) is 30.0 Å². The quantitative estimate of drug-likeness (QED) is 0.804. The van der Waals surface area contributed by atoms with E-state index in [0.29, 0.717) is 0 Å². The second-order valence-corrected chi connectivity index (χ2v) is 5.08. The number of aromatic nitrogens is 4. The molecule has 82 valence electrons. The van der Waals surface area contributed by atoms with Crippen LogP contribution in [0, 0.1) is 17.8 Å². The zero-order valence-electron chi connectivity index (χ0n) is 9.02. The molecule has 0 aliphatic heterocycles. The van der Waals surface area contributed by atoms with Crippen LogP contribution in [0.2, 0.25) is 0 Å². The molecule has 2 aliphatic rings. The van der Waals surface area contributed by atoms with Crippen LogP contribution in [0.4, 0.5) is 0 Å². The first-order valence-corrected chi connectivity index (χ1v) is 6.16. The van der Waals surface area contributed by atoms with Crippen molar-refractivity contribution in [3.8, 4) is 0 Å². The summed E-state index contributed by atoms with van der Waals surface area (Å²) < 4.78 is 0. The molecule has 4 nitrogen and oxygen atoms in total. The van der Waals surface area contributed by atoms with Gasteiger partial charge < -0.3 is 0 Å². The molecule has 0 amide bonds. The maximum absolute atomic E-state index is 4.09. The summed E-state index contributed by atoms with van der Waals surface area (Å²) in [6.07, 6.45) is 9.65. The predicted molar refractivity (Wildman–Crippen MR) is 56.1 cm³/mol. The van der Waals surface area contributed by atoms with Crippen LogP contribution in [-0.2, 0) is 6.42 Å². The molecule has 0 spiro atoms. The Hall–Kier alpha value is -0.930. The van der Waals surface area contributed by atoms with Gasteiger partial charge >= 0.3 is 0 Å². The molecular formula is C11H18N4. The Balaban J connectivity index is 1.73. The summed E-state index contributed by atoms with van der Waals surface area (Å²) in [5.41, 5.74) is 0. The van der Waals surface area contributed by atoms with Gasteiger partial charge in [0.1, 0.15) is 0 Å². The van der Waals surface area contributed by atoms with Gasteiger partial charge in [0, 0.05) is 6.42 Å². The maximum atomic E-state index is 4.09. The van der Waals surface area contributed by atoms with Crippen molar-refractivity contribution in [2.75, 3.05) is 0 Å². The van der Waals surface area contributed by atoms with Crippen LogP contribution in [0.5, 0.6) is 0 Å². The molecular weight excluding hydrogens is 188 g/mol. The third kappa shape index (κ3) is 1.77. The van der Waals surface area contributed by atoms with Crippen LogP contribution in [0.1, 0.15) is 44.3 Å². The lowest BCUT2D eigenvalue weighted by Gasteiger charge is -2.42. The van der Waals surface area contributed by atoms with Crippen molar-refractivity contribution in [2.45, 2.75) is 44.9 Å². The van der Waals surface area contributed by atoms with Gasteiger partial charge in [-0.05, 0) is 17.8 Å². The van der Waals surface area contributed by atoms with Gasteiger partial charge in [-0.3, -0.25) is 0 Å². The molecule has 2 saturated carbocycles. The first-order chi connectivity index (χ1) is 7.43. The lowest BCUT2D eigenvalue weighted by molar-refractivity contribution is 0.0912. The fourth-order valence-corrected chi connectivity index (χ4v) is 3.63. The molecule has 15 heavy (non-hydrogen) atoms. The van der Waals surface area contributed by atoms with Crippen molar-refractivity contribution in [3.05, 3.63) is 5.82 Å². The highest BCUT2D eigenvalue weighted by molar-refractivity contribution is 4.92. The van der Waals surface area contributed by atoms with Crippen LogP contribution in [0.25, 0.3) is 0 Å². The van der Waals surface area contributed by atoms with E-state index in [1.54, 1.807) is 0 Å². The third-order valence-corrected chi connectivity index (χ3v) is 4.32. The molecule has 4 heteroatoms. The summed E-state index contributed by atoms with van der Waals surface area (Å²) in [4.78, 5) is 0. The Labute approximate surface area is 89.8 Å². The molecule has 0 aromatic carbocycles. The zero-order valence-corrected chi connectivity index (χ0v) is 9.02. The highest BCUT2D eigenvalue weighted by atomic mass is 15.5. The first-order valence-electron chi connectivity index (χ1n) is 6.16. The molecule has 2 aliphatic carbocycles. The van der Waals surface area contributed by atoms with E-state index in [-0.39, 0.29) is 0 Å². The highest BCUT2D eigenvalue weighted by Crippen LogP contribution is 2.45. The standard InChI is InChI=1S/C11H18N4/c1-3-8-5-2-6-9(4-1)10(8)7-11-12-14-15-13-11/h8-10H,1-7H2,(H,12,13,14,15). The Morgan fingerprint density at radius 2 is 1.73 bits per heavy atom. The number of nitrogens with zero attached hydrogens (tertiary/aromatic N) is 3. The number of hydrogen-bond acceptors (Lipinski definition) is 3. The minimum atomic E-state index is 0.838. The van der Waals surface area contributed by atoms with E-state index in [4.69, 9.17) is 0 Å². The summed E-state index contributed by atoms with van der Waals surface area (Å²) in [7, 11) is 0. The van der Waals surface area contributed by atoms with E-state index in [1.807, 2.05) is 0 Å². The van der Waals surface area contributed by atoms with Crippen LogP contribution in [0.3, 0.4) is 0 Å². The normalized spacial score (nSPS) is 35.3. The van der Waals surface area contributed by atoms with Gasteiger partial charge in [0.05, 0.1) is 0 Å². The molecule has 0 atom stereocenters. The summed E-state index contributed by atoms with van der Waals surface area (Å²) >= 11 is 0. The van der Waals surface area contributed by atoms with Gasteiger partial charge in [-0.1, -0.05) is 43.7 Å². The fraction of sp³-hybridized carbons (Fsp3) is 0.909. The topological polar surface area (TPSA) is 54.5 Å². The molecule has 0 radical (unpaired) electrons. The Kier molecular flexibility index (Phi) is 2.43. The molecule has 0 saturated heterocycles. The van der Waals surface area contributed by atoms with Crippen LogP contribution in [-0.4, -0.2) is 20.6 Å². The van der Waals surface area contributed by atoms with E-state index in [2.05, 4.69) is 20.6 Å². The minimum Gasteiger partial charge on any atom is -0.177 e. The fourth-order valence-electron chi connectivity index (χ4n) is 3.63. The first kappa shape index (κ1) is 9.31. The Morgan fingerprint density at radius 1 is 1.07 bits per heavy atom. The number of fused-ring (bicyclic) bond motifs is 2. The maximum Gasteiger partial charge on any atom is 0.174 e. The second kappa shape index (κ2) is 3.91. The highest BCUT2D eigenvalue weighted by Gasteiger charge is 2.36. The van der Waals surface area contributed by atoms with Crippen molar-refractivity contribution in [3.63, 3.8) is 0 Å². The summed E-state index contributed by atoms with van der Waals surface area (Å²) in [5.74, 6) is 3.64. The molecule has 1 aromatic rings. The zero-order chi connectivity index (χ0) is 10.1. The van der Waals surface area contributed by atoms with Gasteiger partial charge in [-0.2, -0.15) is 5.21 Å². The van der Waals surface area contributed by atoms with Crippen molar-refractivity contribution in [1.82, 2.24) is 20.6 Å². The summed E-state index contributed by atoms with van der Waals surface area (Å²) in [6, 6.07) is 0. The SMILES string of the molecule is C1CC2CCCC(C1)C2Cc1nn[nH]n1. The molecule has 1 heterocycles. The number of H-pyrrole nitrogens is 1. The second-order valence-electron chi connectivity index (χ2n) is 5.08. The van der Waals surface area contributed by atoms with Gasteiger partial charge in [0.25, 0.3) is 0 Å². The number of tetrazole rings is 1. The number of rotatable bonds is 2. The third-order valence-electron chi connectivity index (χ3n) is 4.32. The number of aromatic amines is 1. The Morgan fingerprint density at radius 3 is 2.27 bits per heavy atom.